The number of unbranched alkanes of at least 4 members (excludes halogenated alkanes) is 30. The monoisotopic (exact) mass is 812 g/mol. The van der Waals surface area contributed by atoms with Crippen LogP contribution in [0.1, 0.15) is 251 Å². The molecular weight excluding hydrogens is 735 g/mol. The second-order valence-electron chi connectivity index (χ2n) is 15.0. The molecule has 0 bridgehead atoms. The average molecular weight is 813 g/mol. The van der Waals surface area contributed by atoms with E-state index in [9.17, 15) is 22.9 Å². The molecule has 0 saturated carbocycles. The van der Waals surface area contributed by atoms with Gasteiger partial charge in [0.05, 0.1) is 14.7 Å². The van der Waals surface area contributed by atoms with Crippen LogP contribution in [0.15, 0.2) is 6.07 Å². The van der Waals surface area contributed by atoms with Gasteiger partial charge in [-0.25, -0.2) is 9.59 Å². The zero-order valence-electron chi connectivity index (χ0n) is 32.6. The molecule has 290 valence electrons. The lowest BCUT2D eigenvalue weighted by molar-refractivity contribution is 0.0694. The van der Waals surface area contributed by atoms with Gasteiger partial charge in [0.2, 0.25) is 0 Å². The summed E-state index contributed by atoms with van der Waals surface area (Å²) < 4.78 is 12.8. The van der Waals surface area contributed by atoms with Crippen LogP contribution in [0.25, 0.3) is 0 Å². The quantitative estimate of drug-likeness (QED) is 0.0516. The maximum absolute atomic E-state index is 12.4. The largest absolute Gasteiger partial charge is 0.478 e. The summed E-state index contributed by atoms with van der Waals surface area (Å²) in [5.41, 5.74) is 1.15. The predicted molar refractivity (Wildman–Crippen MR) is 220 cm³/mol. The highest BCUT2D eigenvalue weighted by molar-refractivity contribution is 14.1. The van der Waals surface area contributed by atoms with Crippen molar-refractivity contribution in [2.75, 3.05) is 0 Å². The van der Waals surface area contributed by atoms with Crippen molar-refractivity contribution in [3.05, 3.63) is 31.9 Å². The first kappa shape index (κ1) is 46.7. The molecule has 0 atom stereocenters. The lowest BCUT2D eigenvalue weighted by atomic mass is 9.91. The Morgan fingerprint density at radius 2 is 0.760 bits per heavy atom. The van der Waals surface area contributed by atoms with Crippen LogP contribution in [0.2, 0.25) is 0 Å². The van der Waals surface area contributed by atoms with Gasteiger partial charge in [0.15, 0.2) is 21.2 Å². The van der Waals surface area contributed by atoms with Gasteiger partial charge in [0.25, 0.3) is 0 Å². The number of benzene rings is 1. The van der Waals surface area contributed by atoms with Crippen molar-refractivity contribution < 1.29 is 22.9 Å². The lowest BCUT2D eigenvalue weighted by Gasteiger charge is -2.16. The molecule has 50 heavy (non-hydrogen) atoms. The van der Waals surface area contributed by atoms with Crippen LogP contribution in [0.3, 0.4) is 0 Å². The van der Waals surface area contributed by atoms with Crippen molar-refractivity contribution in [1.29, 1.82) is 0 Å². The second-order valence-corrected chi connectivity index (χ2v) is 16.6. The number of halogens is 1. The van der Waals surface area contributed by atoms with Crippen molar-refractivity contribution in [1.82, 2.24) is 0 Å². The van der Waals surface area contributed by atoms with Gasteiger partial charge in [-0.15, -0.1) is 0 Å². The minimum atomic E-state index is -1.73. The minimum Gasteiger partial charge on any atom is -0.478 e. The molecule has 0 aromatic heterocycles. The summed E-state index contributed by atoms with van der Waals surface area (Å²) >= 11 is -1.73. The van der Waals surface area contributed by atoms with Crippen LogP contribution < -0.4 is 0 Å². The van der Waals surface area contributed by atoms with E-state index in [1.165, 1.54) is 167 Å². The van der Waals surface area contributed by atoms with E-state index in [2.05, 4.69) is 13.8 Å². The van der Waals surface area contributed by atoms with Gasteiger partial charge in [-0.1, -0.05) is 206 Å². The van der Waals surface area contributed by atoms with Gasteiger partial charge in [0.1, 0.15) is 0 Å². The molecule has 0 unspecified atom stereocenters. The Bertz CT molecular complexity index is 1010. The third-order valence-corrected chi connectivity index (χ3v) is 12.2. The number of carboxylic acids is 2. The number of rotatable bonds is 37. The summed E-state index contributed by atoms with van der Waals surface area (Å²) in [5, 5.41) is 20.2. The highest BCUT2D eigenvalue weighted by Gasteiger charge is 2.25. The maximum Gasteiger partial charge on any atom is 0.337 e. The molecule has 0 heterocycles. The number of hydrogen-bond acceptors (Lipinski definition) is 3. The van der Waals surface area contributed by atoms with E-state index < -0.39 is 33.1 Å². The minimum absolute atomic E-state index is 0.0140. The van der Waals surface area contributed by atoms with E-state index in [-0.39, 0.29) is 11.1 Å². The van der Waals surface area contributed by atoms with Gasteiger partial charge < -0.3 is 10.2 Å². The van der Waals surface area contributed by atoms with Crippen molar-refractivity contribution in [2.45, 2.75) is 232 Å². The molecule has 0 saturated heterocycles. The van der Waals surface area contributed by atoms with Gasteiger partial charge in [-0.2, -0.15) is 0 Å². The van der Waals surface area contributed by atoms with Crippen molar-refractivity contribution in [2.24, 2.45) is 0 Å². The first-order chi connectivity index (χ1) is 24.5. The van der Waals surface area contributed by atoms with E-state index in [1.54, 1.807) is 6.07 Å². The molecule has 6 heteroatoms. The third kappa shape index (κ3) is 23.3. The highest BCUT2D eigenvalue weighted by Crippen LogP contribution is 2.31. The molecule has 0 amide bonds. The van der Waals surface area contributed by atoms with Crippen molar-refractivity contribution >= 4 is 33.1 Å². The van der Waals surface area contributed by atoms with E-state index in [1.807, 2.05) is 0 Å². The van der Waals surface area contributed by atoms with E-state index in [4.69, 9.17) is 0 Å². The molecule has 0 aliphatic carbocycles. The fraction of sp³-hybridized carbons (Fsp3) is 0.818. The number of aromatic carboxylic acids is 2. The van der Waals surface area contributed by atoms with Gasteiger partial charge in [-0.3, -0.25) is 3.07 Å². The zero-order valence-corrected chi connectivity index (χ0v) is 34.8. The van der Waals surface area contributed by atoms with Crippen molar-refractivity contribution in [3.8, 4) is 0 Å². The first-order valence-electron chi connectivity index (χ1n) is 21.4. The van der Waals surface area contributed by atoms with Crippen LogP contribution >= 0.6 is 21.2 Å². The zero-order chi connectivity index (χ0) is 36.5. The van der Waals surface area contributed by atoms with Gasteiger partial charge >= 0.3 is 11.9 Å². The van der Waals surface area contributed by atoms with Crippen LogP contribution in [-0.2, 0) is 15.9 Å². The van der Waals surface area contributed by atoms with E-state index in [0.29, 0.717) is 27.5 Å². The Balaban J connectivity index is 2.35. The predicted octanol–water partition coefficient (Wildman–Crippen LogP) is 15.2. The number of hydrogen-bond donors (Lipinski definition) is 2. The topological polar surface area (TPSA) is 91.7 Å². The highest BCUT2D eigenvalue weighted by atomic mass is 127. The molecule has 0 aliphatic rings. The number of carboxylic acid groups (broad SMARTS) is 2. The summed E-state index contributed by atoms with van der Waals surface area (Å²) in [5.74, 6) is -2.22. The molecule has 0 fully saturated rings. The molecule has 1 aromatic rings. The Hall–Kier alpha value is -1.31. The van der Waals surface area contributed by atoms with Crippen LogP contribution in [0.4, 0.5) is 0 Å². The Kier molecular flexibility index (Phi) is 31.3. The van der Waals surface area contributed by atoms with Crippen LogP contribution in [-0.4, -0.2) is 22.2 Å². The normalized spacial score (nSPS) is 11.4. The summed E-state index contributed by atoms with van der Waals surface area (Å²) in [6.45, 7) is 4.53. The molecular formula is C44H77IO5. The fourth-order valence-electron chi connectivity index (χ4n) is 7.41. The van der Waals surface area contributed by atoms with E-state index in [0.717, 1.165) is 38.5 Å². The molecule has 0 radical (unpaired) electrons. The maximum atomic E-state index is 12.4. The molecule has 0 aliphatic heterocycles. The van der Waals surface area contributed by atoms with E-state index >= 15 is 0 Å². The Labute approximate surface area is 318 Å². The molecule has 1 aromatic carbocycles. The lowest BCUT2D eigenvalue weighted by Crippen LogP contribution is -2.15. The summed E-state index contributed by atoms with van der Waals surface area (Å²) in [4.78, 5) is 24.7. The number of carbonyl (C=O) groups is 2. The first-order valence-corrected chi connectivity index (χ1v) is 23.4. The van der Waals surface area contributed by atoms with Gasteiger partial charge in [-0.05, 0) is 42.9 Å². The standard InChI is InChI=1S/C44H77IO5/c1-3-5-7-9-11-13-15-17-19-21-23-25-27-29-31-33-35-38-37-40(43(46)47)39(41(44(48)49)42(38)45-50)36-34-32-30-28-26-24-22-20-18-16-14-12-10-8-6-4-2/h37H,3-36H2,1-2H3,(H,46,47)(H,48,49). The summed E-state index contributed by atoms with van der Waals surface area (Å²) in [6.07, 6.45) is 41.7. The molecule has 2 N–H and O–H groups in total. The Morgan fingerprint density at radius 1 is 0.460 bits per heavy atom. The van der Waals surface area contributed by atoms with Gasteiger partial charge in [0, 0.05) is 0 Å². The summed E-state index contributed by atoms with van der Waals surface area (Å²) in [7, 11) is 0. The van der Waals surface area contributed by atoms with Crippen molar-refractivity contribution in [3.63, 3.8) is 0 Å². The smallest absolute Gasteiger partial charge is 0.337 e. The SMILES string of the molecule is CCCCCCCCCCCCCCCCCCc1cc(C(=O)O)c(CCCCCCCCCCCCCCCCCC)c(C(=O)O)c1I=O. The molecule has 5 nitrogen and oxygen atoms in total. The Morgan fingerprint density at radius 3 is 1.04 bits per heavy atom. The molecule has 1 rings (SSSR count). The fourth-order valence-corrected chi connectivity index (χ4v) is 8.89. The number of aryl methyl sites for hydroxylation is 1. The van der Waals surface area contributed by atoms with Crippen LogP contribution in [0, 0.1) is 3.57 Å². The second kappa shape index (κ2) is 33.5. The average Bonchev–Trinajstić information content (AvgIpc) is 3.10. The summed E-state index contributed by atoms with van der Waals surface area (Å²) in [6, 6.07) is 1.65. The molecule has 0 spiro atoms. The third-order valence-electron chi connectivity index (χ3n) is 10.5. The van der Waals surface area contributed by atoms with Crippen LogP contribution in [0.5, 0.6) is 0 Å².